The Bertz CT molecular complexity index is 608. The first-order valence-corrected chi connectivity index (χ1v) is 7.37. The molecule has 0 saturated heterocycles. The van der Waals surface area contributed by atoms with Gasteiger partial charge >= 0.3 is 0 Å². The molecule has 21 heavy (non-hydrogen) atoms. The lowest BCUT2D eigenvalue weighted by Crippen LogP contribution is -2.33. The Labute approximate surface area is 127 Å². The summed E-state index contributed by atoms with van der Waals surface area (Å²) in [5.74, 6) is -0.318. The number of rotatable bonds is 5. The van der Waals surface area contributed by atoms with Gasteiger partial charge in [-0.05, 0) is 29.1 Å². The minimum absolute atomic E-state index is 0.113. The van der Waals surface area contributed by atoms with Crippen molar-refractivity contribution in [3.63, 3.8) is 0 Å². The second-order valence-electron chi connectivity index (χ2n) is 4.59. The molecule has 0 fully saturated rings. The molecule has 0 aliphatic rings. The Kier molecular flexibility index (Phi) is 5.08. The van der Waals surface area contributed by atoms with E-state index in [-0.39, 0.29) is 11.8 Å². The van der Waals surface area contributed by atoms with E-state index in [0.29, 0.717) is 6.54 Å². The van der Waals surface area contributed by atoms with Crippen LogP contribution in [-0.4, -0.2) is 11.8 Å². The van der Waals surface area contributed by atoms with Gasteiger partial charge in [-0.3, -0.25) is 9.59 Å². The number of thiophene rings is 1. The van der Waals surface area contributed by atoms with E-state index in [1.54, 1.807) is 12.1 Å². The number of benzene rings is 1. The van der Waals surface area contributed by atoms with E-state index < -0.39 is 6.04 Å². The molecule has 6 heteroatoms. The van der Waals surface area contributed by atoms with Crippen LogP contribution in [0, 0.1) is 0 Å². The number of hydrogen-bond donors (Lipinski definition) is 3. The summed E-state index contributed by atoms with van der Waals surface area (Å²) in [6.07, 6.45) is 0. The van der Waals surface area contributed by atoms with Crippen LogP contribution in [0.3, 0.4) is 0 Å². The Balaban J connectivity index is 1.88. The van der Waals surface area contributed by atoms with Crippen molar-refractivity contribution >= 4 is 28.8 Å². The van der Waals surface area contributed by atoms with Crippen LogP contribution in [0.2, 0.25) is 0 Å². The third-order valence-electron chi connectivity index (χ3n) is 2.87. The third-order valence-corrected chi connectivity index (χ3v) is 3.83. The van der Waals surface area contributed by atoms with Gasteiger partial charge in [-0.1, -0.05) is 18.2 Å². The van der Waals surface area contributed by atoms with Gasteiger partial charge in [-0.2, -0.15) is 0 Å². The maximum Gasteiger partial charge on any atom is 0.242 e. The van der Waals surface area contributed by atoms with Crippen LogP contribution in [0.5, 0.6) is 0 Å². The molecule has 1 unspecified atom stereocenters. The van der Waals surface area contributed by atoms with E-state index in [9.17, 15) is 9.59 Å². The highest BCUT2D eigenvalue weighted by atomic mass is 32.1. The standard InChI is InChI=1S/C15H17N3O2S/c1-10(19)18-12-6-4-11(5-7-12)9-17-15(20)14(16)13-3-2-8-21-13/h2-8,14H,9,16H2,1H3,(H,17,20)(H,18,19). The van der Waals surface area contributed by atoms with Crippen LogP contribution in [0.4, 0.5) is 5.69 Å². The van der Waals surface area contributed by atoms with Crippen LogP contribution in [0.1, 0.15) is 23.4 Å². The van der Waals surface area contributed by atoms with Gasteiger partial charge in [-0.25, -0.2) is 0 Å². The summed E-state index contributed by atoms with van der Waals surface area (Å²) in [6.45, 7) is 1.86. The number of carbonyl (C=O) groups is 2. The highest BCUT2D eigenvalue weighted by Crippen LogP contribution is 2.17. The summed E-state index contributed by atoms with van der Waals surface area (Å²) in [5, 5.41) is 7.38. The summed E-state index contributed by atoms with van der Waals surface area (Å²) in [4.78, 5) is 23.7. The fourth-order valence-corrected chi connectivity index (χ4v) is 2.53. The Morgan fingerprint density at radius 2 is 1.95 bits per heavy atom. The zero-order valence-electron chi connectivity index (χ0n) is 11.6. The fraction of sp³-hybridized carbons (Fsp3) is 0.200. The summed E-state index contributed by atoms with van der Waals surface area (Å²) in [5.41, 5.74) is 7.55. The normalized spacial score (nSPS) is 11.7. The van der Waals surface area contributed by atoms with Gasteiger partial charge in [0.1, 0.15) is 6.04 Å². The molecule has 2 rings (SSSR count). The van der Waals surface area contributed by atoms with E-state index in [4.69, 9.17) is 5.73 Å². The van der Waals surface area contributed by atoms with Crippen molar-refractivity contribution in [3.8, 4) is 0 Å². The van der Waals surface area contributed by atoms with E-state index in [1.165, 1.54) is 18.3 Å². The van der Waals surface area contributed by atoms with Gasteiger partial charge in [0.15, 0.2) is 0 Å². The van der Waals surface area contributed by atoms with E-state index in [0.717, 1.165) is 16.1 Å². The molecule has 2 amide bonds. The number of anilines is 1. The smallest absolute Gasteiger partial charge is 0.242 e. The van der Waals surface area contributed by atoms with E-state index >= 15 is 0 Å². The molecule has 1 aromatic carbocycles. The highest BCUT2D eigenvalue weighted by Gasteiger charge is 2.15. The van der Waals surface area contributed by atoms with Crippen LogP contribution in [0.15, 0.2) is 41.8 Å². The van der Waals surface area contributed by atoms with Gasteiger partial charge in [-0.15, -0.1) is 11.3 Å². The lowest BCUT2D eigenvalue weighted by Gasteiger charge is -2.11. The van der Waals surface area contributed by atoms with Gasteiger partial charge < -0.3 is 16.4 Å². The number of nitrogens with one attached hydrogen (secondary N) is 2. The summed E-state index contributed by atoms with van der Waals surface area (Å²) >= 11 is 1.46. The first kappa shape index (κ1) is 15.2. The van der Waals surface area contributed by atoms with Crippen molar-refractivity contribution in [2.75, 3.05) is 5.32 Å². The molecule has 0 aliphatic carbocycles. The summed E-state index contributed by atoms with van der Waals surface area (Å²) in [6, 6.07) is 10.4. The van der Waals surface area contributed by atoms with Crippen LogP contribution >= 0.6 is 11.3 Å². The molecular weight excluding hydrogens is 286 g/mol. The molecule has 0 radical (unpaired) electrons. The average molecular weight is 303 g/mol. The third kappa shape index (κ3) is 4.40. The molecule has 110 valence electrons. The highest BCUT2D eigenvalue weighted by molar-refractivity contribution is 7.10. The van der Waals surface area contributed by atoms with Crippen molar-refractivity contribution in [1.82, 2.24) is 5.32 Å². The number of carbonyl (C=O) groups excluding carboxylic acids is 2. The Hall–Kier alpha value is -2.18. The molecule has 4 N–H and O–H groups in total. The fourth-order valence-electron chi connectivity index (χ4n) is 1.81. The van der Waals surface area contributed by atoms with Crippen LogP contribution < -0.4 is 16.4 Å². The summed E-state index contributed by atoms with van der Waals surface area (Å²) < 4.78 is 0. The molecule has 0 aliphatic heterocycles. The second kappa shape index (κ2) is 7.01. The zero-order chi connectivity index (χ0) is 15.2. The maximum absolute atomic E-state index is 11.9. The largest absolute Gasteiger partial charge is 0.350 e. The number of hydrogen-bond acceptors (Lipinski definition) is 4. The monoisotopic (exact) mass is 303 g/mol. The SMILES string of the molecule is CC(=O)Nc1ccc(CNC(=O)C(N)c2cccs2)cc1. The van der Waals surface area contributed by atoms with Crippen LogP contribution in [-0.2, 0) is 16.1 Å². The van der Waals surface area contributed by atoms with E-state index in [1.807, 2.05) is 29.6 Å². The first-order chi connectivity index (χ1) is 10.1. The Morgan fingerprint density at radius 1 is 1.24 bits per heavy atom. The van der Waals surface area contributed by atoms with Gasteiger partial charge in [0.2, 0.25) is 11.8 Å². The molecular formula is C15H17N3O2S. The lowest BCUT2D eigenvalue weighted by atomic mass is 10.2. The van der Waals surface area contributed by atoms with Gasteiger partial charge in [0.25, 0.3) is 0 Å². The number of nitrogens with two attached hydrogens (primary N) is 1. The quantitative estimate of drug-likeness (QED) is 0.790. The van der Waals surface area contributed by atoms with Crippen molar-refractivity contribution in [2.45, 2.75) is 19.5 Å². The average Bonchev–Trinajstić information content (AvgIpc) is 2.99. The maximum atomic E-state index is 11.9. The number of amides is 2. The molecule has 1 atom stereocenters. The zero-order valence-corrected chi connectivity index (χ0v) is 12.4. The first-order valence-electron chi connectivity index (χ1n) is 6.49. The minimum atomic E-state index is -0.636. The molecule has 1 heterocycles. The summed E-state index contributed by atoms with van der Waals surface area (Å²) in [7, 11) is 0. The minimum Gasteiger partial charge on any atom is -0.350 e. The predicted octanol–water partition coefficient (Wildman–Crippen LogP) is 2.02. The van der Waals surface area contributed by atoms with Gasteiger partial charge in [0, 0.05) is 24.0 Å². The van der Waals surface area contributed by atoms with Crippen molar-refractivity contribution in [2.24, 2.45) is 5.73 Å². The molecule has 0 spiro atoms. The predicted molar refractivity (Wildman–Crippen MR) is 83.8 cm³/mol. The van der Waals surface area contributed by atoms with Crippen LogP contribution in [0.25, 0.3) is 0 Å². The van der Waals surface area contributed by atoms with Crippen molar-refractivity contribution < 1.29 is 9.59 Å². The molecule has 0 saturated carbocycles. The van der Waals surface area contributed by atoms with E-state index in [2.05, 4.69) is 10.6 Å². The van der Waals surface area contributed by atoms with Crippen molar-refractivity contribution in [3.05, 3.63) is 52.2 Å². The Morgan fingerprint density at radius 3 is 2.52 bits per heavy atom. The second-order valence-corrected chi connectivity index (χ2v) is 5.57. The van der Waals surface area contributed by atoms with Gasteiger partial charge in [0.05, 0.1) is 0 Å². The van der Waals surface area contributed by atoms with Crippen molar-refractivity contribution in [1.29, 1.82) is 0 Å². The topological polar surface area (TPSA) is 84.2 Å². The molecule has 2 aromatic rings. The molecule has 5 nitrogen and oxygen atoms in total. The lowest BCUT2D eigenvalue weighted by molar-refractivity contribution is -0.122. The molecule has 0 bridgehead atoms. The molecule has 1 aromatic heterocycles.